The van der Waals surface area contributed by atoms with Crippen LogP contribution in [0, 0.1) is 0 Å². The molecular formula is C10H6F6N4O. The number of halogens is 6. The molecular weight excluding hydrogens is 306 g/mol. The van der Waals surface area contributed by atoms with Crippen molar-refractivity contribution in [1.82, 2.24) is 19.8 Å². The van der Waals surface area contributed by atoms with Crippen LogP contribution < -0.4 is 5.69 Å². The largest absolute Gasteiger partial charge is 0.416 e. The number of aromatic nitrogens is 4. The molecule has 0 saturated carbocycles. The van der Waals surface area contributed by atoms with Crippen LogP contribution in [0.1, 0.15) is 11.1 Å². The highest BCUT2D eigenvalue weighted by molar-refractivity contribution is 5.41. The molecule has 0 saturated heterocycles. The van der Waals surface area contributed by atoms with Crippen molar-refractivity contribution < 1.29 is 26.3 Å². The summed E-state index contributed by atoms with van der Waals surface area (Å²) in [5.41, 5.74) is -4.72. The van der Waals surface area contributed by atoms with E-state index < -0.39 is 34.9 Å². The van der Waals surface area contributed by atoms with Gasteiger partial charge in [-0.25, -0.2) is 4.79 Å². The van der Waals surface area contributed by atoms with E-state index >= 15 is 0 Å². The van der Waals surface area contributed by atoms with Crippen molar-refractivity contribution in [2.75, 3.05) is 0 Å². The summed E-state index contributed by atoms with van der Waals surface area (Å²) >= 11 is 0. The van der Waals surface area contributed by atoms with Crippen LogP contribution in [-0.4, -0.2) is 19.8 Å². The third-order valence-electron chi connectivity index (χ3n) is 2.54. The number of benzene rings is 1. The van der Waals surface area contributed by atoms with E-state index in [2.05, 4.69) is 10.4 Å². The smallest absolute Gasteiger partial charge is 0.244 e. The molecule has 114 valence electrons. The van der Waals surface area contributed by atoms with Gasteiger partial charge in [0.2, 0.25) is 0 Å². The first-order valence-corrected chi connectivity index (χ1v) is 5.29. The topological polar surface area (TPSA) is 52.7 Å². The number of rotatable bonds is 1. The molecule has 0 aliphatic carbocycles. The standard InChI is InChI=1S/C10H6F6N4O/c1-19-8(21)20(18-17-19)7-3-5(9(11,12)13)2-6(4-7)10(14,15)16/h2-4H,1H3. The molecule has 1 aromatic heterocycles. The molecule has 0 unspecified atom stereocenters. The molecule has 2 rings (SSSR count). The van der Waals surface area contributed by atoms with Gasteiger partial charge in [-0.1, -0.05) is 0 Å². The Balaban J connectivity index is 2.72. The first-order valence-electron chi connectivity index (χ1n) is 5.29. The van der Waals surface area contributed by atoms with Gasteiger partial charge in [-0.3, -0.25) is 0 Å². The van der Waals surface area contributed by atoms with Gasteiger partial charge < -0.3 is 0 Å². The maximum atomic E-state index is 12.7. The minimum Gasteiger partial charge on any atom is -0.244 e. The van der Waals surface area contributed by atoms with Gasteiger partial charge in [0.15, 0.2) is 0 Å². The first-order chi connectivity index (χ1) is 9.50. The summed E-state index contributed by atoms with van der Waals surface area (Å²) in [6.07, 6.45) is -10.00. The highest BCUT2D eigenvalue weighted by Crippen LogP contribution is 2.36. The Kier molecular flexibility index (Phi) is 3.30. The van der Waals surface area contributed by atoms with E-state index in [1.807, 2.05) is 0 Å². The third kappa shape index (κ3) is 2.90. The zero-order valence-electron chi connectivity index (χ0n) is 10.2. The lowest BCUT2D eigenvalue weighted by Gasteiger charge is -2.13. The van der Waals surface area contributed by atoms with Crippen molar-refractivity contribution in [3.8, 4) is 5.69 Å². The van der Waals surface area contributed by atoms with Gasteiger partial charge in [-0.2, -0.15) is 35.7 Å². The number of hydrogen-bond acceptors (Lipinski definition) is 3. The van der Waals surface area contributed by atoms with Crippen molar-refractivity contribution in [1.29, 1.82) is 0 Å². The van der Waals surface area contributed by atoms with E-state index in [0.717, 1.165) is 7.05 Å². The Morgan fingerprint density at radius 1 is 0.905 bits per heavy atom. The molecule has 1 heterocycles. The maximum Gasteiger partial charge on any atom is 0.416 e. The molecule has 0 amide bonds. The fourth-order valence-corrected chi connectivity index (χ4v) is 1.54. The molecule has 0 aliphatic heterocycles. The van der Waals surface area contributed by atoms with Gasteiger partial charge in [-0.05, 0) is 28.6 Å². The molecule has 0 N–H and O–H groups in total. The fourth-order valence-electron chi connectivity index (χ4n) is 1.54. The molecule has 2 aromatic rings. The molecule has 11 heteroatoms. The van der Waals surface area contributed by atoms with E-state index in [1.54, 1.807) is 0 Å². The van der Waals surface area contributed by atoms with E-state index in [0.29, 0.717) is 21.5 Å². The first kappa shape index (κ1) is 15.1. The lowest BCUT2D eigenvalue weighted by Crippen LogP contribution is -2.23. The van der Waals surface area contributed by atoms with E-state index in [4.69, 9.17) is 0 Å². The summed E-state index contributed by atoms with van der Waals surface area (Å²) in [7, 11) is 1.16. The average molecular weight is 312 g/mol. The molecule has 21 heavy (non-hydrogen) atoms. The highest BCUT2D eigenvalue weighted by Gasteiger charge is 2.37. The summed E-state index contributed by atoms with van der Waals surface area (Å²) in [4.78, 5) is 11.5. The van der Waals surface area contributed by atoms with Gasteiger partial charge >= 0.3 is 18.0 Å². The zero-order valence-corrected chi connectivity index (χ0v) is 10.2. The van der Waals surface area contributed by atoms with Crippen LogP contribution >= 0.6 is 0 Å². The Bertz CT molecular complexity index is 694. The predicted octanol–water partition coefficient (Wildman–Crippen LogP) is 2.00. The Labute approximate surface area is 112 Å². The predicted molar refractivity (Wildman–Crippen MR) is 56.6 cm³/mol. The molecule has 5 nitrogen and oxygen atoms in total. The number of tetrazole rings is 1. The molecule has 0 fully saturated rings. The monoisotopic (exact) mass is 312 g/mol. The number of hydrogen-bond donors (Lipinski definition) is 0. The minimum absolute atomic E-state index is 0.0368. The lowest BCUT2D eigenvalue weighted by atomic mass is 10.1. The van der Waals surface area contributed by atoms with Crippen molar-refractivity contribution in [2.45, 2.75) is 12.4 Å². The second kappa shape index (κ2) is 4.60. The van der Waals surface area contributed by atoms with E-state index in [1.165, 1.54) is 0 Å². The lowest BCUT2D eigenvalue weighted by molar-refractivity contribution is -0.143. The second-order valence-electron chi connectivity index (χ2n) is 4.06. The second-order valence-corrected chi connectivity index (χ2v) is 4.06. The van der Waals surface area contributed by atoms with E-state index in [-0.39, 0.29) is 6.07 Å². The molecule has 0 spiro atoms. The van der Waals surface area contributed by atoms with Crippen LogP contribution in [-0.2, 0) is 19.4 Å². The van der Waals surface area contributed by atoms with Crippen molar-refractivity contribution in [3.05, 3.63) is 39.8 Å². The Morgan fingerprint density at radius 3 is 1.71 bits per heavy atom. The molecule has 0 bridgehead atoms. The number of nitrogens with zero attached hydrogens (tertiary/aromatic N) is 4. The molecule has 0 radical (unpaired) electrons. The van der Waals surface area contributed by atoms with Crippen LogP contribution in [0.5, 0.6) is 0 Å². The minimum atomic E-state index is -5.00. The van der Waals surface area contributed by atoms with E-state index in [9.17, 15) is 31.1 Å². The van der Waals surface area contributed by atoms with Crippen LogP contribution in [0.2, 0.25) is 0 Å². The number of alkyl halides is 6. The highest BCUT2D eigenvalue weighted by atomic mass is 19.4. The molecule has 1 aromatic carbocycles. The van der Waals surface area contributed by atoms with Crippen molar-refractivity contribution in [2.24, 2.45) is 7.05 Å². The van der Waals surface area contributed by atoms with Crippen LogP contribution in [0.4, 0.5) is 26.3 Å². The van der Waals surface area contributed by atoms with Crippen molar-refractivity contribution >= 4 is 0 Å². The maximum absolute atomic E-state index is 12.7. The third-order valence-corrected chi connectivity index (χ3v) is 2.54. The van der Waals surface area contributed by atoms with Gasteiger partial charge in [-0.15, -0.1) is 0 Å². The van der Waals surface area contributed by atoms with Gasteiger partial charge in [0.25, 0.3) is 0 Å². The average Bonchev–Trinajstić information content (AvgIpc) is 2.67. The van der Waals surface area contributed by atoms with Gasteiger partial charge in [0, 0.05) is 7.05 Å². The SMILES string of the molecule is Cn1nnn(-c2cc(C(F)(F)F)cc(C(F)(F)F)c2)c1=O. The summed E-state index contributed by atoms with van der Waals surface area (Å²) in [6, 6.07) is 0.752. The molecule has 0 atom stereocenters. The molecule has 0 aliphatic rings. The summed E-state index contributed by atoms with van der Waals surface area (Å²) in [5.74, 6) is 0. The van der Waals surface area contributed by atoms with Crippen molar-refractivity contribution in [3.63, 3.8) is 0 Å². The van der Waals surface area contributed by atoms with Crippen LogP contribution in [0.15, 0.2) is 23.0 Å². The summed E-state index contributed by atoms with van der Waals surface area (Å²) < 4.78 is 77.0. The van der Waals surface area contributed by atoms with Crippen LogP contribution in [0.3, 0.4) is 0 Å². The normalized spacial score (nSPS) is 12.7. The van der Waals surface area contributed by atoms with Gasteiger partial charge in [0.05, 0.1) is 16.8 Å². The number of aryl methyl sites for hydroxylation is 1. The Hall–Kier alpha value is -2.33. The fraction of sp³-hybridized carbons (Fsp3) is 0.300. The summed E-state index contributed by atoms with van der Waals surface area (Å²) in [5, 5.41) is 6.45. The Morgan fingerprint density at radius 2 is 1.38 bits per heavy atom. The quantitative estimate of drug-likeness (QED) is 0.757. The van der Waals surface area contributed by atoms with Crippen LogP contribution in [0.25, 0.3) is 5.69 Å². The summed E-state index contributed by atoms with van der Waals surface area (Å²) in [6.45, 7) is 0. The van der Waals surface area contributed by atoms with Gasteiger partial charge in [0.1, 0.15) is 0 Å². The zero-order chi connectivity index (χ0) is 16.0.